The Hall–Kier alpha value is -3.37. The molecule has 0 radical (unpaired) electrons. The number of aryl methyl sites for hydroxylation is 1. The Labute approximate surface area is 206 Å². The maximum atomic E-state index is 13.0. The molecule has 0 unspecified atom stereocenters. The van der Waals surface area contributed by atoms with Crippen LogP contribution in [-0.4, -0.2) is 33.3 Å². The fourth-order valence-electron chi connectivity index (χ4n) is 4.03. The summed E-state index contributed by atoms with van der Waals surface area (Å²) in [5, 5.41) is 17.0. The molecule has 3 aromatic rings. The lowest BCUT2D eigenvalue weighted by atomic mass is 10.0. The zero-order valence-corrected chi connectivity index (χ0v) is 20.7. The number of nitrogens with one attached hydrogen (secondary N) is 1. The van der Waals surface area contributed by atoms with Crippen molar-refractivity contribution in [2.45, 2.75) is 52.0 Å². The summed E-state index contributed by atoms with van der Waals surface area (Å²) in [6.45, 7) is 4.76. The van der Waals surface area contributed by atoms with Gasteiger partial charge in [0.25, 0.3) is 0 Å². The van der Waals surface area contributed by atoms with Crippen molar-refractivity contribution in [2.24, 2.45) is 7.05 Å². The highest BCUT2D eigenvalue weighted by Crippen LogP contribution is 2.33. The molecule has 0 aliphatic heterocycles. The Morgan fingerprint density at radius 1 is 1.24 bits per heavy atom. The summed E-state index contributed by atoms with van der Waals surface area (Å²) in [5.41, 5.74) is 3.20. The van der Waals surface area contributed by atoms with Crippen molar-refractivity contribution in [1.29, 1.82) is 5.26 Å². The van der Waals surface area contributed by atoms with Crippen molar-refractivity contribution in [3.63, 3.8) is 0 Å². The zero-order valence-electron chi connectivity index (χ0n) is 20.0. The fourth-order valence-corrected chi connectivity index (χ4v) is 4.32. The Kier molecular flexibility index (Phi) is 9.06. The molecule has 0 bridgehead atoms. The smallest absolute Gasteiger partial charge is 0.226 e. The quantitative estimate of drug-likeness (QED) is 0.351. The van der Waals surface area contributed by atoms with Crippen molar-refractivity contribution in [1.82, 2.24) is 14.8 Å². The van der Waals surface area contributed by atoms with E-state index in [1.165, 1.54) is 0 Å². The van der Waals surface area contributed by atoms with Gasteiger partial charge in [0, 0.05) is 55.3 Å². The van der Waals surface area contributed by atoms with Crippen LogP contribution in [-0.2, 0) is 11.8 Å². The van der Waals surface area contributed by atoms with Gasteiger partial charge in [-0.05, 0) is 43.5 Å². The first-order chi connectivity index (χ1) is 16.5. The van der Waals surface area contributed by atoms with Gasteiger partial charge in [-0.25, -0.2) is 4.98 Å². The van der Waals surface area contributed by atoms with Crippen LogP contribution in [0.5, 0.6) is 0 Å². The number of nitriles is 1. The summed E-state index contributed by atoms with van der Waals surface area (Å²) < 4.78 is 1.74. The van der Waals surface area contributed by atoms with Crippen LogP contribution in [0, 0.1) is 11.3 Å². The highest BCUT2D eigenvalue weighted by atomic mass is 35.5. The normalized spacial score (nSPS) is 11.6. The van der Waals surface area contributed by atoms with E-state index < -0.39 is 0 Å². The molecule has 0 aliphatic rings. The standard InChI is InChI=1S/C26H31ClN6O/c1-4-7-21(8-6-13-29-25-12-9-19(15-28)16-30-25)33(26(34)5-2)22-10-11-23(24(27)14-22)20-17-31-32(3)18-20/h9-12,14,16-18,21H,4-8,13H2,1-3H3,(H,29,30)/t21-/m0/s1. The van der Waals surface area contributed by atoms with Crippen LogP contribution in [0.4, 0.5) is 11.5 Å². The van der Waals surface area contributed by atoms with Crippen LogP contribution in [0.3, 0.4) is 0 Å². The molecule has 1 amide bonds. The van der Waals surface area contributed by atoms with Crippen LogP contribution >= 0.6 is 11.6 Å². The summed E-state index contributed by atoms with van der Waals surface area (Å²) >= 11 is 6.65. The van der Waals surface area contributed by atoms with E-state index in [-0.39, 0.29) is 11.9 Å². The molecule has 0 fully saturated rings. The van der Waals surface area contributed by atoms with E-state index in [9.17, 15) is 4.79 Å². The minimum absolute atomic E-state index is 0.0773. The Morgan fingerprint density at radius 2 is 2.06 bits per heavy atom. The van der Waals surface area contributed by atoms with E-state index in [0.717, 1.165) is 54.9 Å². The summed E-state index contributed by atoms with van der Waals surface area (Å²) in [6, 6.07) is 11.5. The van der Waals surface area contributed by atoms with Crippen molar-refractivity contribution in [3.05, 3.63) is 59.5 Å². The summed E-state index contributed by atoms with van der Waals surface area (Å²) in [5.74, 6) is 0.829. The van der Waals surface area contributed by atoms with Crippen LogP contribution < -0.4 is 10.2 Å². The van der Waals surface area contributed by atoms with Gasteiger partial charge in [0.15, 0.2) is 0 Å². The van der Waals surface area contributed by atoms with Crippen LogP contribution in [0.15, 0.2) is 48.9 Å². The molecule has 178 valence electrons. The largest absolute Gasteiger partial charge is 0.370 e. The van der Waals surface area contributed by atoms with Gasteiger partial charge in [0.05, 0.1) is 16.8 Å². The van der Waals surface area contributed by atoms with E-state index in [2.05, 4.69) is 28.4 Å². The molecule has 7 nitrogen and oxygen atoms in total. The second kappa shape index (κ2) is 12.2. The van der Waals surface area contributed by atoms with Gasteiger partial charge in [0.2, 0.25) is 5.91 Å². The lowest BCUT2D eigenvalue weighted by Gasteiger charge is -2.32. The first kappa shape index (κ1) is 25.3. The zero-order chi connectivity index (χ0) is 24.5. The molecule has 0 saturated heterocycles. The maximum Gasteiger partial charge on any atom is 0.226 e. The number of anilines is 2. The van der Waals surface area contributed by atoms with Crippen molar-refractivity contribution >= 4 is 29.0 Å². The van der Waals surface area contributed by atoms with Crippen LogP contribution in [0.1, 0.15) is 51.5 Å². The minimum atomic E-state index is 0.0773. The lowest BCUT2D eigenvalue weighted by molar-refractivity contribution is -0.118. The van der Waals surface area contributed by atoms with Gasteiger partial charge in [-0.3, -0.25) is 9.48 Å². The van der Waals surface area contributed by atoms with Gasteiger partial charge in [-0.1, -0.05) is 37.9 Å². The molecule has 0 saturated carbocycles. The number of carbonyl (C=O) groups is 1. The molecule has 8 heteroatoms. The Bertz CT molecular complexity index is 1130. The first-order valence-electron chi connectivity index (χ1n) is 11.7. The second-order valence-electron chi connectivity index (χ2n) is 8.24. The third-order valence-electron chi connectivity index (χ3n) is 5.72. The molecule has 3 rings (SSSR count). The predicted octanol–water partition coefficient (Wildman–Crippen LogP) is 5.81. The number of hydrogen-bond acceptors (Lipinski definition) is 5. The molecule has 1 aromatic carbocycles. The topological polar surface area (TPSA) is 86.8 Å². The third-order valence-corrected chi connectivity index (χ3v) is 6.03. The van der Waals surface area contributed by atoms with Gasteiger partial charge in [-0.2, -0.15) is 10.4 Å². The SMILES string of the molecule is CCC[C@@H](CCCNc1ccc(C#N)cn1)N(C(=O)CC)c1ccc(-c2cnn(C)c2)c(Cl)c1. The summed E-state index contributed by atoms with van der Waals surface area (Å²) in [7, 11) is 1.87. The number of benzene rings is 1. The molecular weight excluding hydrogens is 448 g/mol. The first-order valence-corrected chi connectivity index (χ1v) is 12.0. The number of hydrogen-bond donors (Lipinski definition) is 1. The van der Waals surface area contributed by atoms with Crippen molar-refractivity contribution in [3.8, 4) is 17.2 Å². The van der Waals surface area contributed by atoms with E-state index in [1.54, 1.807) is 29.2 Å². The molecular formula is C26H31ClN6O. The maximum absolute atomic E-state index is 13.0. The molecule has 1 N–H and O–H groups in total. The highest BCUT2D eigenvalue weighted by molar-refractivity contribution is 6.33. The number of carbonyl (C=O) groups excluding carboxylic acids is 1. The van der Waals surface area contributed by atoms with Gasteiger partial charge in [0.1, 0.15) is 11.9 Å². The summed E-state index contributed by atoms with van der Waals surface area (Å²) in [4.78, 5) is 19.2. The molecule has 34 heavy (non-hydrogen) atoms. The van der Waals surface area contributed by atoms with Gasteiger partial charge >= 0.3 is 0 Å². The summed E-state index contributed by atoms with van der Waals surface area (Å²) in [6.07, 6.45) is 9.30. The Morgan fingerprint density at radius 3 is 2.65 bits per heavy atom. The monoisotopic (exact) mass is 478 g/mol. The second-order valence-corrected chi connectivity index (χ2v) is 8.65. The van der Waals surface area contributed by atoms with Crippen molar-refractivity contribution < 1.29 is 4.79 Å². The minimum Gasteiger partial charge on any atom is -0.370 e. The van der Waals surface area contributed by atoms with E-state index in [4.69, 9.17) is 16.9 Å². The van der Waals surface area contributed by atoms with E-state index >= 15 is 0 Å². The molecule has 2 aromatic heterocycles. The number of pyridine rings is 1. The van der Waals surface area contributed by atoms with Gasteiger partial charge < -0.3 is 10.2 Å². The average molecular weight is 479 g/mol. The van der Waals surface area contributed by atoms with E-state index in [1.807, 2.05) is 43.3 Å². The number of halogens is 1. The third kappa shape index (κ3) is 6.36. The number of amides is 1. The van der Waals surface area contributed by atoms with Crippen LogP contribution in [0.25, 0.3) is 11.1 Å². The lowest BCUT2D eigenvalue weighted by Crippen LogP contribution is -2.40. The molecule has 1 atom stereocenters. The van der Waals surface area contributed by atoms with Gasteiger partial charge in [-0.15, -0.1) is 0 Å². The van der Waals surface area contributed by atoms with Crippen molar-refractivity contribution in [2.75, 3.05) is 16.8 Å². The number of nitrogens with zero attached hydrogens (tertiary/aromatic N) is 5. The fraction of sp³-hybridized carbons (Fsp3) is 0.385. The average Bonchev–Trinajstić information content (AvgIpc) is 3.28. The highest BCUT2D eigenvalue weighted by Gasteiger charge is 2.24. The number of aromatic nitrogens is 3. The van der Waals surface area contributed by atoms with E-state index in [0.29, 0.717) is 17.0 Å². The predicted molar refractivity (Wildman–Crippen MR) is 137 cm³/mol. The number of rotatable bonds is 11. The molecule has 0 spiro atoms. The molecule has 2 heterocycles. The Balaban J connectivity index is 1.73. The molecule has 0 aliphatic carbocycles. The van der Waals surface area contributed by atoms with Crippen LogP contribution in [0.2, 0.25) is 5.02 Å².